The summed E-state index contributed by atoms with van der Waals surface area (Å²) in [5.41, 5.74) is -2.93. The number of carboxylic acid groups (broad SMARTS) is 1. The molecule has 1 fully saturated rings. The number of phenols is 3. The first-order chi connectivity index (χ1) is 12.0. The predicted octanol–water partition coefficient (Wildman–Crippen LogP) is -1.70. The van der Waals surface area contributed by atoms with E-state index < -0.39 is 65.3 Å². The van der Waals surface area contributed by atoms with Crippen molar-refractivity contribution in [3.63, 3.8) is 0 Å². The van der Waals surface area contributed by atoms with Gasteiger partial charge in [0.25, 0.3) is 0 Å². The number of aliphatic hydroxyl groups excluding tert-OH is 3. The van der Waals surface area contributed by atoms with Gasteiger partial charge in [0.1, 0.15) is 6.10 Å². The Morgan fingerprint density at radius 2 is 1.65 bits per heavy atom. The summed E-state index contributed by atoms with van der Waals surface area (Å²) in [5.74, 6) is -7.13. The van der Waals surface area contributed by atoms with Crippen LogP contribution in [0.5, 0.6) is 17.2 Å². The van der Waals surface area contributed by atoms with E-state index in [1.165, 1.54) is 0 Å². The number of allylic oxidation sites excluding steroid dienone is 1. The highest BCUT2D eigenvalue weighted by Crippen LogP contribution is 2.39. The number of carbonyl (C=O) groups excluding carboxylic acids is 1. The Balaban J connectivity index is 2.37. The number of aromatic hydroxyl groups is 3. The lowest BCUT2D eigenvalue weighted by atomic mass is 9.69. The molecule has 8 N–H and O–H groups in total. The zero-order valence-corrected chi connectivity index (χ0v) is 13.2. The average molecular weight is 370 g/mol. The van der Waals surface area contributed by atoms with Gasteiger partial charge in [-0.05, 0) is 24.3 Å². The van der Waals surface area contributed by atoms with Crippen molar-refractivity contribution in [2.75, 3.05) is 0 Å². The van der Waals surface area contributed by atoms with Crippen LogP contribution in [0.3, 0.4) is 0 Å². The molecule has 0 saturated heterocycles. The minimum absolute atomic E-state index is 0.113. The predicted molar refractivity (Wildman–Crippen MR) is 84.2 cm³/mol. The van der Waals surface area contributed by atoms with Crippen molar-refractivity contribution in [1.82, 2.24) is 0 Å². The van der Waals surface area contributed by atoms with E-state index in [-0.39, 0.29) is 5.56 Å². The van der Waals surface area contributed by atoms with Gasteiger partial charge >= 0.3 is 5.97 Å². The van der Waals surface area contributed by atoms with Gasteiger partial charge in [0.05, 0.1) is 18.1 Å². The third-order valence-electron chi connectivity index (χ3n) is 4.39. The highest BCUT2D eigenvalue weighted by Gasteiger charge is 2.58. The van der Waals surface area contributed by atoms with Crippen LogP contribution in [0.2, 0.25) is 0 Å². The molecular weight excluding hydrogens is 352 g/mol. The first-order valence-electron chi connectivity index (χ1n) is 7.46. The van der Waals surface area contributed by atoms with E-state index in [4.69, 9.17) is 0 Å². The Morgan fingerprint density at radius 3 is 2.23 bits per heavy atom. The molecule has 1 saturated carbocycles. The Kier molecular flexibility index (Phi) is 5.23. The molecule has 1 aromatic carbocycles. The van der Waals surface area contributed by atoms with Crippen LogP contribution in [0.15, 0.2) is 18.2 Å². The number of rotatable bonds is 4. The second-order valence-electron chi connectivity index (χ2n) is 6.07. The third kappa shape index (κ3) is 3.22. The number of ketones is 1. The molecule has 5 atom stereocenters. The van der Waals surface area contributed by atoms with Crippen LogP contribution in [0.1, 0.15) is 12.0 Å². The van der Waals surface area contributed by atoms with Crippen molar-refractivity contribution < 1.29 is 50.4 Å². The number of benzene rings is 1. The standard InChI is InChI=1S/C16H18O10/c17-7(3-1-6-2-4-8(18)12(21)11(6)20)10-14(23)13(22)9(19)5-16(10,26)15(24)25/h1-4,9-10,13-14,18-23,26H,5H2,(H,24,25)/b3-1+/t9-,10?,13?,14-,16?/m1/s1. The summed E-state index contributed by atoms with van der Waals surface area (Å²) in [7, 11) is 0. The molecule has 0 spiro atoms. The molecule has 2 rings (SSSR count). The van der Waals surface area contributed by atoms with Crippen molar-refractivity contribution in [2.24, 2.45) is 5.92 Å². The van der Waals surface area contributed by atoms with Gasteiger partial charge in [-0.2, -0.15) is 0 Å². The first-order valence-corrected chi connectivity index (χ1v) is 7.46. The fourth-order valence-electron chi connectivity index (χ4n) is 2.89. The van der Waals surface area contributed by atoms with Gasteiger partial charge < -0.3 is 40.9 Å². The second kappa shape index (κ2) is 6.92. The molecule has 3 unspecified atom stereocenters. The van der Waals surface area contributed by atoms with Gasteiger partial charge in [-0.1, -0.05) is 0 Å². The fourth-order valence-corrected chi connectivity index (χ4v) is 2.89. The Morgan fingerprint density at radius 1 is 1.04 bits per heavy atom. The van der Waals surface area contributed by atoms with Crippen molar-refractivity contribution in [3.05, 3.63) is 23.8 Å². The topological polar surface area (TPSA) is 196 Å². The first kappa shape index (κ1) is 19.7. The average Bonchev–Trinajstić information content (AvgIpc) is 2.57. The zero-order valence-electron chi connectivity index (χ0n) is 13.2. The summed E-state index contributed by atoms with van der Waals surface area (Å²) in [6.07, 6.45) is -4.84. The van der Waals surface area contributed by atoms with Crippen molar-refractivity contribution in [1.29, 1.82) is 0 Å². The van der Waals surface area contributed by atoms with Crippen LogP contribution in [0.4, 0.5) is 0 Å². The monoisotopic (exact) mass is 370 g/mol. The Bertz CT molecular complexity index is 758. The lowest BCUT2D eigenvalue weighted by Gasteiger charge is -2.43. The summed E-state index contributed by atoms with van der Waals surface area (Å²) in [4.78, 5) is 23.7. The molecule has 0 aromatic heterocycles. The molecule has 10 heteroatoms. The van der Waals surface area contributed by atoms with Crippen LogP contribution < -0.4 is 0 Å². The van der Waals surface area contributed by atoms with Crippen LogP contribution in [-0.4, -0.2) is 76.5 Å². The van der Waals surface area contributed by atoms with E-state index in [0.717, 1.165) is 24.3 Å². The summed E-state index contributed by atoms with van der Waals surface area (Å²) in [5, 5.41) is 77.1. The lowest BCUT2D eigenvalue weighted by Crippen LogP contribution is -2.64. The van der Waals surface area contributed by atoms with E-state index in [1.54, 1.807) is 0 Å². The summed E-state index contributed by atoms with van der Waals surface area (Å²) >= 11 is 0. The highest BCUT2D eigenvalue weighted by atomic mass is 16.4. The van der Waals surface area contributed by atoms with Gasteiger partial charge in [-0.25, -0.2) is 4.79 Å². The van der Waals surface area contributed by atoms with E-state index >= 15 is 0 Å². The van der Waals surface area contributed by atoms with E-state index in [9.17, 15) is 50.4 Å². The number of carboxylic acids is 1. The normalized spacial score (nSPS) is 31.8. The number of hydrogen-bond acceptors (Lipinski definition) is 9. The maximum Gasteiger partial charge on any atom is 0.336 e. The zero-order chi connectivity index (χ0) is 19.8. The third-order valence-corrected chi connectivity index (χ3v) is 4.39. The molecule has 1 aliphatic rings. The molecule has 0 amide bonds. The molecular formula is C16H18O10. The van der Waals surface area contributed by atoms with E-state index in [0.29, 0.717) is 0 Å². The number of carbonyl (C=O) groups is 2. The van der Waals surface area contributed by atoms with Crippen molar-refractivity contribution in [2.45, 2.75) is 30.3 Å². The molecule has 26 heavy (non-hydrogen) atoms. The van der Waals surface area contributed by atoms with Gasteiger partial charge in [0.15, 0.2) is 22.9 Å². The van der Waals surface area contributed by atoms with Crippen molar-refractivity contribution in [3.8, 4) is 17.2 Å². The maximum atomic E-state index is 12.4. The Hall–Kier alpha value is -2.66. The molecule has 0 bridgehead atoms. The molecule has 1 aliphatic carbocycles. The van der Waals surface area contributed by atoms with Crippen LogP contribution in [0, 0.1) is 5.92 Å². The number of aliphatic carboxylic acids is 1. The summed E-state index contributed by atoms with van der Waals surface area (Å²) < 4.78 is 0. The van der Waals surface area contributed by atoms with Crippen LogP contribution in [-0.2, 0) is 9.59 Å². The van der Waals surface area contributed by atoms with E-state index in [1.807, 2.05) is 0 Å². The molecule has 0 aliphatic heterocycles. The number of phenolic OH excluding ortho intramolecular Hbond substituents is 3. The maximum absolute atomic E-state index is 12.4. The smallest absolute Gasteiger partial charge is 0.336 e. The quantitative estimate of drug-likeness (QED) is 0.223. The highest BCUT2D eigenvalue weighted by molar-refractivity contribution is 6.00. The van der Waals surface area contributed by atoms with Gasteiger partial charge in [0, 0.05) is 12.0 Å². The number of aliphatic hydroxyl groups is 4. The molecule has 0 radical (unpaired) electrons. The minimum atomic E-state index is -2.82. The van der Waals surface area contributed by atoms with Crippen molar-refractivity contribution >= 4 is 17.8 Å². The lowest BCUT2D eigenvalue weighted by molar-refractivity contribution is -0.207. The SMILES string of the molecule is O=C(/C=C/c1ccc(O)c(O)c1O)C1[C@@H](O)C(O)[C@H](O)CC1(O)C(=O)O. The van der Waals surface area contributed by atoms with Crippen LogP contribution in [0.25, 0.3) is 6.08 Å². The van der Waals surface area contributed by atoms with Gasteiger partial charge in [-0.3, -0.25) is 4.79 Å². The molecule has 10 nitrogen and oxygen atoms in total. The Labute approximate surface area is 146 Å². The minimum Gasteiger partial charge on any atom is -0.504 e. The number of hydrogen-bond donors (Lipinski definition) is 8. The van der Waals surface area contributed by atoms with Gasteiger partial charge in [-0.15, -0.1) is 0 Å². The fraction of sp³-hybridized carbons (Fsp3) is 0.375. The van der Waals surface area contributed by atoms with Gasteiger partial charge in [0.2, 0.25) is 5.75 Å². The molecule has 142 valence electrons. The summed E-state index contributed by atoms with van der Waals surface area (Å²) in [6.45, 7) is 0. The largest absolute Gasteiger partial charge is 0.504 e. The molecule has 0 heterocycles. The molecule has 1 aromatic rings. The van der Waals surface area contributed by atoms with Crippen LogP contribution >= 0.6 is 0 Å². The summed E-state index contributed by atoms with van der Waals surface area (Å²) in [6, 6.07) is 2.18. The van der Waals surface area contributed by atoms with E-state index in [2.05, 4.69) is 0 Å². The second-order valence-corrected chi connectivity index (χ2v) is 6.07.